The smallest absolute Gasteiger partial charge is 0.321 e. The van der Waals surface area contributed by atoms with Gasteiger partial charge in [-0.15, -0.1) is 11.3 Å². The number of carbonyl (C=O) groups excluding carboxylic acids is 1. The predicted molar refractivity (Wildman–Crippen MR) is 91.5 cm³/mol. The summed E-state index contributed by atoms with van der Waals surface area (Å²) in [4.78, 5) is 16.0. The number of nitrogens with one attached hydrogen (secondary N) is 2. The molecule has 0 aliphatic rings. The molecule has 23 heavy (non-hydrogen) atoms. The topological polar surface area (TPSA) is 72.5 Å². The van der Waals surface area contributed by atoms with Gasteiger partial charge < -0.3 is 14.8 Å². The van der Waals surface area contributed by atoms with Crippen LogP contribution in [-0.2, 0) is 0 Å². The molecule has 0 aliphatic heterocycles. The van der Waals surface area contributed by atoms with Gasteiger partial charge in [0.2, 0.25) is 0 Å². The Balaban J connectivity index is 2.04. The van der Waals surface area contributed by atoms with Crippen LogP contribution in [0.15, 0.2) is 29.8 Å². The number of urea groups is 1. The first-order chi connectivity index (χ1) is 11.1. The Hall–Kier alpha value is -2.28. The van der Waals surface area contributed by atoms with Crippen LogP contribution in [0.3, 0.4) is 0 Å². The molecule has 2 N–H and O–H groups in total. The van der Waals surface area contributed by atoms with Crippen molar-refractivity contribution in [2.45, 2.75) is 26.8 Å². The molecule has 0 saturated carbocycles. The van der Waals surface area contributed by atoms with Crippen LogP contribution in [0, 0.1) is 0 Å². The molecule has 2 rings (SSSR count). The van der Waals surface area contributed by atoms with Gasteiger partial charge in [-0.1, -0.05) is 6.07 Å². The minimum atomic E-state index is -0.292. The second-order valence-electron chi connectivity index (χ2n) is 4.73. The standard InChI is InChI=1S/C16H21N3O3S/c1-4-21-13-7-6-12(10-14(13)22-5-2)11(3)18-15(20)19-16-17-8-9-23-16/h6-11H,4-5H2,1-3H3,(H2,17,18,19,20)/t11-/m0/s1. The molecule has 6 nitrogen and oxygen atoms in total. The number of amides is 2. The Morgan fingerprint density at radius 3 is 2.65 bits per heavy atom. The van der Waals surface area contributed by atoms with Gasteiger partial charge >= 0.3 is 6.03 Å². The van der Waals surface area contributed by atoms with Crippen molar-refractivity contribution in [1.29, 1.82) is 0 Å². The minimum absolute atomic E-state index is 0.176. The summed E-state index contributed by atoms with van der Waals surface area (Å²) in [5.41, 5.74) is 0.936. The van der Waals surface area contributed by atoms with Crippen LogP contribution in [-0.4, -0.2) is 24.2 Å². The molecule has 0 spiro atoms. The zero-order chi connectivity index (χ0) is 16.7. The third kappa shape index (κ3) is 4.85. The quantitative estimate of drug-likeness (QED) is 0.807. The summed E-state index contributed by atoms with van der Waals surface area (Å²) in [6, 6.07) is 5.20. The molecule has 1 atom stereocenters. The highest BCUT2D eigenvalue weighted by molar-refractivity contribution is 7.13. The first kappa shape index (κ1) is 17.1. The summed E-state index contributed by atoms with van der Waals surface area (Å²) in [7, 11) is 0. The molecule has 1 aromatic carbocycles. The minimum Gasteiger partial charge on any atom is -0.490 e. The number of aromatic nitrogens is 1. The summed E-state index contributed by atoms with van der Waals surface area (Å²) in [6.45, 7) is 6.88. The molecule has 7 heteroatoms. The molecular formula is C16H21N3O3S. The van der Waals surface area contributed by atoms with E-state index in [1.165, 1.54) is 11.3 Å². The number of anilines is 1. The van der Waals surface area contributed by atoms with Crippen molar-refractivity contribution in [1.82, 2.24) is 10.3 Å². The Morgan fingerprint density at radius 2 is 2.00 bits per heavy atom. The fraction of sp³-hybridized carbons (Fsp3) is 0.375. The largest absolute Gasteiger partial charge is 0.490 e. The second-order valence-corrected chi connectivity index (χ2v) is 5.62. The lowest BCUT2D eigenvalue weighted by Gasteiger charge is -2.17. The third-order valence-corrected chi connectivity index (χ3v) is 3.76. The molecule has 0 saturated heterocycles. The maximum absolute atomic E-state index is 12.0. The van der Waals surface area contributed by atoms with E-state index in [0.29, 0.717) is 29.8 Å². The van der Waals surface area contributed by atoms with Crippen molar-refractivity contribution in [3.8, 4) is 11.5 Å². The van der Waals surface area contributed by atoms with Crippen LogP contribution < -0.4 is 20.1 Å². The predicted octanol–water partition coefficient (Wildman–Crippen LogP) is 3.82. The third-order valence-electron chi connectivity index (χ3n) is 3.07. The van der Waals surface area contributed by atoms with Crippen molar-refractivity contribution in [2.24, 2.45) is 0 Å². The Kier molecular flexibility index (Phi) is 6.22. The SMILES string of the molecule is CCOc1ccc([C@H](C)NC(=O)Nc2nccs2)cc1OCC. The molecule has 0 bridgehead atoms. The van der Waals surface area contributed by atoms with Gasteiger partial charge in [0.05, 0.1) is 19.3 Å². The molecule has 2 aromatic rings. The van der Waals surface area contributed by atoms with Gasteiger partial charge in [-0.2, -0.15) is 0 Å². The number of rotatable bonds is 7. The molecule has 1 heterocycles. The van der Waals surface area contributed by atoms with E-state index >= 15 is 0 Å². The van der Waals surface area contributed by atoms with Gasteiger partial charge in [0.15, 0.2) is 16.6 Å². The van der Waals surface area contributed by atoms with E-state index < -0.39 is 0 Å². The van der Waals surface area contributed by atoms with E-state index in [2.05, 4.69) is 15.6 Å². The van der Waals surface area contributed by atoms with E-state index in [4.69, 9.17) is 9.47 Å². The van der Waals surface area contributed by atoms with Gasteiger partial charge in [0.1, 0.15) is 0 Å². The maximum atomic E-state index is 12.0. The average Bonchev–Trinajstić information content (AvgIpc) is 3.02. The summed E-state index contributed by atoms with van der Waals surface area (Å²) in [5.74, 6) is 1.39. The number of carbonyl (C=O) groups is 1. The highest BCUT2D eigenvalue weighted by atomic mass is 32.1. The Bertz CT molecular complexity index is 632. The van der Waals surface area contributed by atoms with Gasteiger partial charge in [-0.25, -0.2) is 9.78 Å². The normalized spacial score (nSPS) is 11.6. The van der Waals surface area contributed by atoms with Crippen molar-refractivity contribution in [2.75, 3.05) is 18.5 Å². The maximum Gasteiger partial charge on any atom is 0.321 e. The van der Waals surface area contributed by atoms with E-state index in [-0.39, 0.29) is 12.1 Å². The number of thiazole rings is 1. The van der Waals surface area contributed by atoms with Crippen LogP contribution >= 0.6 is 11.3 Å². The van der Waals surface area contributed by atoms with Gasteiger partial charge in [0, 0.05) is 11.6 Å². The van der Waals surface area contributed by atoms with Crippen molar-refractivity contribution >= 4 is 22.5 Å². The lowest BCUT2D eigenvalue weighted by atomic mass is 10.1. The summed E-state index contributed by atoms with van der Waals surface area (Å²) in [5, 5.41) is 7.94. The molecule has 0 aliphatic carbocycles. The number of ether oxygens (including phenoxy) is 2. The molecular weight excluding hydrogens is 314 g/mol. The van der Waals surface area contributed by atoms with E-state index in [9.17, 15) is 4.79 Å². The van der Waals surface area contributed by atoms with Crippen molar-refractivity contribution in [3.63, 3.8) is 0 Å². The molecule has 0 radical (unpaired) electrons. The lowest BCUT2D eigenvalue weighted by molar-refractivity contribution is 0.249. The lowest BCUT2D eigenvalue weighted by Crippen LogP contribution is -2.31. The molecule has 124 valence electrons. The highest BCUT2D eigenvalue weighted by Crippen LogP contribution is 2.30. The monoisotopic (exact) mass is 335 g/mol. The van der Waals surface area contributed by atoms with Gasteiger partial charge in [-0.3, -0.25) is 5.32 Å². The zero-order valence-corrected chi connectivity index (χ0v) is 14.3. The Labute approximate surface area is 139 Å². The number of benzene rings is 1. The Morgan fingerprint density at radius 1 is 1.26 bits per heavy atom. The van der Waals surface area contributed by atoms with Crippen LogP contribution in [0.1, 0.15) is 32.4 Å². The van der Waals surface area contributed by atoms with Crippen LogP contribution in [0.5, 0.6) is 11.5 Å². The van der Waals surface area contributed by atoms with Crippen molar-refractivity contribution < 1.29 is 14.3 Å². The van der Waals surface area contributed by atoms with Crippen molar-refractivity contribution in [3.05, 3.63) is 35.3 Å². The fourth-order valence-electron chi connectivity index (χ4n) is 2.04. The fourth-order valence-corrected chi connectivity index (χ4v) is 2.56. The average molecular weight is 335 g/mol. The molecule has 0 unspecified atom stereocenters. The van der Waals surface area contributed by atoms with E-state index in [1.807, 2.05) is 39.0 Å². The molecule has 1 aromatic heterocycles. The van der Waals surface area contributed by atoms with Gasteiger partial charge in [-0.05, 0) is 38.5 Å². The first-order valence-corrected chi connectivity index (χ1v) is 8.38. The summed E-state index contributed by atoms with van der Waals surface area (Å²) in [6.07, 6.45) is 1.64. The van der Waals surface area contributed by atoms with E-state index in [0.717, 1.165) is 5.56 Å². The number of hydrogen-bond donors (Lipinski definition) is 2. The van der Waals surface area contributed by atoms with E-state index in [1.54, 1.807) is 11.6 Å². The molecule has 2 amide bonds. The number of hydrogen-bond acceptors (Lipinski definition) is 5. The van der Waals surface area contributed by atoms with Crippen LogP contribution in [0.2, 0.25) is 0 Å². The first-order valence-electron chi connectivity index (χ1n) is 7.50. The number of nitrogens with zero attached hydrogens (tertiary/aromatic N) is 1. The molecule has 0 fully saturated rings. The summed E-state index contributed by atoms with van der Waals surface area (Å²) >= 11 is 1.37. The second kappa shape index (κ2) is 8.38. The van der Waals surface area contributed by atoms with Crippen LogP contribution in [0.25, 0.3) is 0 Å². The van der Waals surface area contributed by atoms with Gasteiger partial charge in [0.25, 0.3) is 0 Å². The summed E-state index contributed by atoms with van der Waals surface area (Å²) < 4.78 is 11.2. The zero-order valence-electron chi connectivity index (χ0n) is 13.5. The van der Waals surface area contributed by atoms with Crippen LogP contribution in [0.4, 0.5) is 9.93 Å². The highest BCUT2D eigenvalue weighted by Gasteiger charge is 2.13.